The Balaban J connectivity index is 2.18. The van der Waals surface area contributed by atoms with Gasteiger partial charge < -0.3 is 9.72 Å². The first kappa shape index (κ1) is 16.5. The maximum atomic E-state index is 12.7. The van der Waals surface area contributed by atoms with Crippen LogP contribution in [0.3, 0.4) is 0 Å². The first-order chi connectivity index (χ1) is 10.4. The summed E-state index contributed by atoms with van der Waals surface area (Å²) in [6.45, 7) is 3.27. The second-order valence-electron chi connectivity index (χ2n) is 5.07. The molecule has 0 bridgehead atoms. The van der Waals surface area contributed by atoms with E-state index in [0.29, 0.717) is 25.2 Å². The van der Waals surface area contributed by atoms with Gasteiger partial charge in [-0.3, -0.25) is 4.79 Å². The zero-order valence-corrected chi connectivity index (χ0v) is 12.3. The van der Waals surface area contributed by atoms with Crippen LogP contribution in [0.1, 0.15) is 31.0 Å². The van der Waals surface area contributed by atoms with Crippen LogP contribution in [-0.2, 0) is 17.3 Å². The van der Waals surface area contributed by atoms with E-state index in [2.05, 4.69) is 4.98 Å². The number of hydrogen-bond donors (Lipinski definition) is 1. The second-order valence-corrected chi connectivity index (χ2v) is 5.07. The summed E-state index contributed by atoms with van der Waals surface area (Å²) in [6, 6.07) is 4.57. The molecule has 0 spiro atoms. The monoisotopic (exact) mass is 313 g/mol. The zero-order chi connectivity index (χ0) is 16.2. The Hall–Kier alpha value is -1.82. The molecule has 0 atom stereocenters. The number of halogens is 3. The van der Waals surface area contributed by atoms with Gasteiger partial charge in [0.2, 0.25) is 0 Å². The number of rotatable bonds is 6. The maximum absolute atomic E-state index is 12.7. The van der Waals surface area contributed by atoms with Crippen LogP contribution < -0.4 is 5.43 Å². The average Bonchev–Trinajstić information content (AvgIpc) is 2.46. The van der Waals surface area contributed by atoms with E-state index in [1.54, 1.807) is 0 Å². The van der Waals surface area contributed by atoms with Crippen LogP contribution in [0.2, 0.25) is 0 Å². The minimum absolute atomic E-state index is 0.0629. The van der Waals surface area contributed by atoms with Gasteiger partial charge in [0.25, 0.3) is 0 Å². The molecule has 2 rings (SSSR count). The number of ether oxygens (including phenoxy) is 1. The molecule has 0 aliphatic heterocycles. The summed E-state index contributed by atoms with van der Waals surface area (Å²) in [5.41, 5.74) is -0.0383. The Labute approximate surface area is 126 Å². The van der Waals surface area contributed by atoms with Crippen molar-refractivity contribution in [2.75, 3.05) is 13.2 Å². The van der Waals surface area contributed by atoms with E-state index in [1.807, 2.05) is 6.92 Å². The van der Waals surface area contributed by atoms with Crippen molar-refractivity contribution in [3.63, 3.8) is 0 Å². The first-order valence-corrected chi connectivity index (χ1v) is 7.22. The largest absolute Gasteiger partial charge is 0.416 e. The molecule has 6 heteroatoms. The Morgan fingerprint density at radius 2 is 1.95 bits per heavy atom. The van der Waals surface area contributed by atoms with Gasteiger partial charge in [0.1, 0.15) is 0 Å². The number of fused-ring (bicyclic) bond motifs is 1. The van der Waals surface area contributed by atoms with Gasteiger partial charge in [0.05, 0.1) is 5.56 Å². The van der Waals surface area contributed by atoms with Crippen molar-refractivity contribution in [3.8, 4) is 0 Å². The lowest BCUT2D eigenvalue weighted by Gasteiger charge is -2.09. The molecule has 0 amide bonds. The molecule has 0 saturated heterocycles. The summed E-state index contributed by atoms with van der Waals surface area (Å²) < 4.78 is 43.2. The number of unbranched alkanes of at least 4 members (excludes halogenated alkanes) is 1. The van der Waals surface area contributed by atoms with Crippen molar-refractivity contribution in [1.82, 2.24) is 4.98 Å². The maximum Gasteiger partial charge on any atom is 0.416 e. The van der Waals surface area contributed by atoms with Crippen molar-refractivity contribution in [3.05, 3.63) is 45.7 Å². The highest BCUT2D eigenvalue weighted by Crippen LogP contribution is 2.30. The average molecular weight is 313 g/mol. The molecule has 0 aliphatic carbocycles. The highest BCUT2D eigenvalue weighted by molar-refractivity contribution is 5.79. The molecule has 0 aliphatic rings. The van der Waals surface area contributed by atoms with Crippen LogP contribution in [0.15, 0.2) is 29.1 Å². The third-order valence-electron chi connectivity index (χ3n) is 3.40. The summed E-state index contributed by atoms with van der Waals surface area (Å²) >= 11 is 0. The summed E-state index contributed by atoms with van der Waals surface area (Å²) in [7, 11) is 0. The highest BCUT2D eigenvalue weighted by Gasteiger charge is 2.30. The predicted molar refractivity (Wildman–Crippen MR) is 79.0 cm³/mol. The zero-order valence-electron chi connectivity index (χ0n) is 12.3. The fourth-order valence-electron chi connectivity index (χ4n) is 2.28. The summed E-state index contributed by atoms with van der Waals surface area (Å²) in [6.07, 6.45) is -2.05. The van der Waals surface area contributed by atoms with Crippen molar-refractivity contribution in [2.24, 2.45) is 0 Å². The molecule has 1 aromatic carbocycles. The van der Waals surface area contributed by atoms with Gasteiger partial charge in [0, 0.05) is 35.9 Å². The normalized spacial score (nSPS) is 12.0. The second kappa shape index (κ2) is 6.96. The predicted octanol–water partition coefficient (Wildman–Crippen LogP) is 3.91. The van der Waals surface area contributed by atoms with Crippen LogP contribution in [0.5, 0.6) is 0 Å². The standard InChI is InChI=1S/C16H18F3NO2/c1-2-22-8-4-3-5-12-10-15(21)13-9-11(16(17,18)19)6-7-14(13)20-12/h6-7,9-10H,2-5,8H2,1H3,(H,20,21). The van der Waals surface area contributed by atoms with E-state index in [4.69, 9.17) is 4.74 Å². The topological polar surface area (TPSA) is 42.1 Å². The van der Waals surface area contributed by atoms with Crippen molar-refractivity contribution in [2.45, 2.75) is 32.4 Å². The number of alkyl halides is 3. The lowest BCUT2D eigenvalue weighted by atomic mass is 10.1. The summed E-state index contributed by atoms with van der Waals surface area (Å²) in [5.74, 6) is 0. The number of aromatic amines is 1. The Kier molecular flexibility index (Phi) is 5.24. The molecular weight excluding hydrogens is 295 g/mol. The van der Waals surface area contributed by atoms with Crippen molar-refractivity contribution in [1.29, 1.82) is 0 Å². The fourth-order valence-corrected chi connectivity index (χ4v) is 2.28. The molecule has 0 saturated carbocycles. The molecule has 3 nitrogen and oxygen atoms in total. The van der Waals surface area contributed by atoms with E-state index in [0.717, 1.165) is 30.7 Å². The van der Waals surface area contributed by atoms with E-state index in [9.17, 15) is 18.0 Å². The van der Waals surface area contributed by atoms with Crippen molar-refractivity contribution < 1.29 is 17.9 Å². The molecule has 0 radical (unpaired) electrons. The van der Waals surface area contributed by atoms with Gasteiger partial charge >= 0.3 is 6.18 Å². The highest BCUT2D eigenvalue weighted by atomic mass is 19.4. The third-order valence-corrected chi connectivity index (χ3v) is 3.40. The summed E-state index contributed by atoms with van der Waals surface area (Å²) in [5, 5.41) is 0.0629. The lowest BCUT2D eigenvalue weighted by Crippen LogP contribution is -2.09. The van der Waals surface area contributed by atoms with Gasteiger partial charge in [-0.2, -0.15) is 13.2 Å². The number of nitrogens with one attached hydrogen (secondary N) is 1. The fraction of sp³-hybridized carbons (Fsp3) is 0.438. The van der Waals surface area contributed by atoms with Gasteiger partial charge in [0.15, 0.2) is 5.43 Å². The van der Waals surface area contributed by atoms with Gasteiger partial charge in [-0.05, 0) is 44.4 Å². The van der Waals surface area contributed by atoms with Crippen LogP contribution in [0.4, 0.5) is 13.2 Å². The number of hydrogen-bond acceptors (Lipinski definition) is 2. The van der Waals surface area contributed by atoms with Crippen LogP contribution in [-0.4, -0.2) is 18.2 Å². The molecule has 120 valence electrons. The molecule has 1 heterocycles. The van der Waals surface area contributed by atoms with E-state index in [1.165, 1.54) is 12.1 Å². The third kappa shape index (κ3) is 4.10. The SMILES string of the molecule is CCOCCCCc1cc(=O)c2cc(C(F)(F)F)ccc2[nH]1. The van der Waals surface area contributed by atoms with E-state index < -0.39 is 11.7 Å². The van der Waals surface area contributed by atoms with Gasteiger partial charge in [-0.1, -0.05) is 0 Å². The first-order valence-electron chi connectivity index (χ1n) is 7.22. The minimum Gasteiger partial charge on any atom is -0.382 e. The molecule has 2 aromatic rings. The van der Waals surface area contributed by atoms with Crippen LogP contribution in [0, 0.1) is 0 Å². The molecule has 22 heavy (non-hydrogen) atoms. The molecular formula is C16H18F3NO2. The molecule has 0 fully saturated rings. The van der Waals surface area contributed by atoms with Crippen molar-refractivity contribution >= 4 is 10.9 Å². The number of benzene rings is 1. The molecule has 1 N–H and O–H groups in total. The Morgan fingerprint density at radius 3 is 2.64 bits per heavy atom. The van der Waals surface area contributed by atoms with E-state index >= 15 is 0 Å². The van der Waals surface area contributed by atoms with Gasteiger partial charge in [-0.25, -0.2) is 0 Å². The van der Waals surface area contributed by atoms with Gasteiger partial charge in [-0.15, -0.1) is 0 Å². The lowest BCUT2D eigenvalue weighted by molar-refractivity contribution is -0.137. The molecule has 1 aromatic heterocycles. The Bertz CT molecular complexity index is 692. The molecule has 0 unspecified atom stereocenters. The number of pyridine rings is 1. The number of aromatic nitrogens is 1. The summed E-state index contributed by atoms with van der Waals surface area (Å²) in [4.78, 5) is 15.0. The smallest absolute Gasteiger partial charge is 0.382 e. The quantitative estimate of drug-likeness (QED) is 0.822. The number of aryl methyl sites for hydroxylation is 1. The number of H-pyrrole nitrogens is 1. The van der Waals surface area contributed by atoms with Crippen LogP contribution >= 0.6 is 0 Å². The van der Waals surface area contributed by atoms with Crippen LogP contribution in [0.25, 0.3) is 10.9 Å². The van der Waals surface area contributed by atoms with E-state index in [-0.39, 0.29) is 10.8 Å². The Morgan fingerprint density at radius 1 is 1.18 bits per heavy atom. The minimum atomic E-state index is -4.45.